The molecule has 0 radical (unpaired) electrons. The van der Waals surface area contributed by atoms with Gasteiger partial charge in [-0.3, -0.25) is 4.79 Å². The Kier molecular flexibility index (Phi) is 4.15. The lowest BCUT2D eigenvalue weighted by Crippen LogP contribution is -2.38. The van der Waals surface area contributed by atoms with Crippen LogP contribution in [-0.2, 0) is 4.79 Å². The van der Waals surface area contributed by atoms with Crippen molar-refractivity contribution in [1.29, 1.82) is 0 Å². The molecule has 2 unspecified atom stereocenters. The van der Waals surface area contributed by atoms with Crippen LogP contribution >= 0.6 is 0 Å². The van der Waals surface area contributed by atoms with E-state index in [0.717, 1.165) is 37.6 Å². The van der Waals surface area contributed by atoms with E-state index in [2.05, 4.69) is 32.7 Å². The minimum atomic E-state index is 0.298. The molecule has 0 aromatic rings. The molecule has 0 aliphatic heterocycles. The van der Waals surface area contributed by atoms with Crippen LogP contribution in [0.1, 0.15) is 52.9 Å². The van der Waals surface area contributed by atoms with E-state index in [1.54, 1.807) is 0 Å². The van der Waals surface area contributed by atoms with Crippen LogP contribution in [0, 0.1) is 23.2 Å². The van der Waals surface area contributed by atoms with Gasteiger partial charge in [-0.15, -0.1) is 0 Å². The molecule has 2 aliphatic rings. The van der Waals surface area contributed by atoms with Gasteiger partial charge in [-0.2, -0.15) is 0 Å². The second-order valence-corrected chi connectivity index (χ2v) is 7.67. The van der Waals surface area contributed by atoms with Gasteiger partial charge in [0.05, 0.1) is 0 Å². The van der Waals surface area contributed by atoms with Crippen LogP contribution in [0.25, 0.3) is 0 Å². The number of rotatable bonds is 4. The highest BCUT2D eigenvalue weighted by Crippen LogP contribution is 2.39. The van der Waals surface area contributed by atoms with E-state index in [9.17, 15) is 4.79 Å². The molecule has 2 heteroatoms. The zero-order chi connectivity index (χ0) is 13.3. The first-order chi connectivity index (χ1) is 8.36. The third kappa shape index (κ3) is 3.81. The van der Waals surface area contributed by atoms with Crippen molar-refractivity contribution >= 4 is 5.78 Å². The Bertz CT molecular complexity index is 301. The molecule has 18 heavy (non-hydrogen) atoms. The number of carbonyl (C=O) groups excluding carboxylic acids is 1. The Morgan fingerprint density at radius 1 is 1.17 bits per heavy atom. The summed E-state index contributed by atoms with van der Waals surface area (Å²) in [6.45, 7) is 9.14. The Balaban J connectivity index is 1.86. The molecule has 2 fully saturated rings. The Morgan fingerprint density at radius 3 is 2.39 bits per heavy atom. The third-order valence-electron chi connectivity index (χ3n) is 4.79. The maximum absolute atomic E-state index is 12.1. The number of Topliss-reactive ketones (excluding diaryl/α,β-unsaturated/α-hetero) is 1. The molecular weight excluding hydrogens is 222 g/mol. The van der Waals surface area contributed by atoms with Crippen molar-refractivity contribution in [2.75, 3.05) is 20.1 Å². The lowest BCUT2D eigenvalue weighted by Gasteiger charge is -2.38. The number of nitrogens with zero attached hydrogens (tertiary/aromatic N) is 1. The smallest absolute Gasteiger partial charge is 0.137 e. The minimum absolute atomic E-state index is 0.298. The topological polar surface area (TPSA) is 20.3 Å². The lowest BCUT2D eigenvalue weighted by molar-refractivity contribution is -0.127. The molecule has 0 heterocycles. The summed E-state index contributed by atoms with van der Waals surface area (Å²) in [5.74, 6) is 2.45. The molecule has 0 N–H and O–H groups in total. The van der Waals surface area contributed by atoms with Crippen molar-refractivity contribution in [2.45, 2.75) is 52.9 Å². The summed E-state index contributed by atoms with van der Waals surface area (Å²) >= 11 is 0. The Morgan fingerprint density at radius 2 is 1.83 bits per heavy atom. The maximum atomic E-state index is 12.1. The van der Waals surface area contributed by atoms with Gasteiger partial charge in [0.25, 0.3) is 0 Å². The molecule has 0 amide bonds. The molecule has 0 bridgehead atoms. The average molecular weight is 251 g/mol. The van der Waals surface area contributed by atoms with E-state index in [1.807, 2.05) is 0 Å². The highest BCUT2D eigenvalue weighted by Gasteiger charge is 2.35. The molecule has 0 aromatic heterocycles. The predicted octanol–water partition coefficient (Wildman–Crippen LogP) is 3.36. The van der Waals surface area contributed by atoms with Crippen LogP contribution in [0.15, 0.2) is 0 Å². The zero-order valence-electron chi connectivity index (χ0n) is 12.5. The predicted molar refractivity (Wildman–Crippen MR) is 75.5 cm³/mol. The second-order valence-electron chi connectivity index (χ2n) is 7.67. The maximum Gasteiger partial charge on any atom is 0.137 e. The van der Waals surface area contributed by atoms with E-state index < -0.39 is 0 Å². The fourth-order valence-electron chi connectivity index (χ4n) is 3.27. The van der Waals surface area contributed by atoms with Gasteiger partial charge < -0.3 is 4.90 Å². The van der Waals surface area contributed by atoms with Crippen LogP contribution < -0.4 is 0 Å². The highest BCUT2D eigenvalue weighted by molar-refractivity contribution is 5.82. The largest absolute Gasteiger partial charge is 0.305 e. The first kappa shape index (κ1) is 14.0. The van der Waals surface area contributed by atoms with Crippen LogP contribution in [0.5, 0.6) is 0 Å². The SMILES string of the molecule is CN(CC1CC1)CC1CC(C(C)(C)C)CCC1=O. The molecule has 2 atom stereocenters. The third-order valence-corrected chi connectivity index (χ3v) is 4.79. The summed E-state index contributed by atoms with van der Waals surface area (Å²) in [6.07, 6.45) is 5.81. The van der Waals surface area contributed by atoms with E-state index in [4.69, 9.17) is 0 Å². The summed E-state index contributed by atoms with van der Waals surface area (Å²) in [7, 11) is 2.19. The van der Waals surface area contributed by atoms with Gasteiger partial charge in [-0.05, 0) is 50.0 Å². The van der Waals surface area contributed by atoms with Gasteiger partial charge in [0.1, 0.15) is 5.78 Å². The summed E-state index contributed by atoms with van der Waals surface area (Å²) in [6, 6.07) is 0. The fraction of sp³-hybridized carbons (Fsp3) is 0.938. The van der Waals surface area contributed by atoms with Crippen molar-refractivity contribution in [3.63, 3.8) is 0 Å². The average Bonchev–Trinajstić information content (AvgIpc) is 3.03. The van der Waals surface area contributed by atoms with Crippen molar-refractivity contribution in [3.05, 3.63) is 0 Å². The quantitative estimate of drug-likeness (QED) is 0.763. The number of ketones is 1. The fourth-order valence-corrected chi connectivity index (χ4v) is 3.27. The van der Waals surface area contributed by atoms with Crippen LogP contribution in [0.3, 0.4) is 0 Å². The molecular formula is C16H29NO. The molecule has 2 rings (SSSR count). The lowest BCUT2D eigenvalue weighted by atomic mass is 9.68. The van der Waals surface area contributed by atoms with Gasteiger partial charge >= 0.3 is 0 Å². The first-order valence-electron chi connectivity index (χ1n) is 7.57. The Labute approximate surface area is 112 Å². The molecule has 2 aliphatic carbocycles. The highest BCUT2D eigenvalue weighted by atomic mass is 16.1. The van der Waals surface area contributed by atoms with Gasteiger partial charge in [0.15, 0.2) is 0 Å². The van der Waals surface area contributed by atoms with E-state index in [0.29, 0.717) is 17.1 Å². The van der Waals surface area contributed by atoms with Crippen molar-refractivity contribution in [2.24, 2.45) is 23.2 Å². The number of hydrogen-bond acceptors (Lipinski definition) is 2. The molecule has 104 valence electrons. The molecule has 2 saturated carbocycles. The first-order valence-corrected chi connectivity index (χ1v) is 7.57. The van der Waals surface area contributed by atoms with Gasteiger partial charge in [-0.1, -0.05) is 20.8 Å². The van der Waals surface area contributed by atoms with Crippen LogP contribution in [0.4, 0.5) is 0 Å². The summed E-state index contributed by atoms with van der Waals surface area (Å²) in [4.78, 5) is 14.5. The molecule has 0 aromatic carbocycles. The number of hydrogen-bond donors (Lipinski definition) is 0. The molecule has 0 spiro atoms. The van der Waals surface area contributed by atoms with E-state index in [1.165, 1.54) is 19.4 Å². The van der Waals surface area contributed by atoms with E-state index in [-0.39, 0.29) is 0 Å². The normalized spacial score (nSPS) is 29.9. The Hall–Kier alpha value is -0.370. The standard InChI is InChI=1S/C16H29NO/c1-16(2,3)14-7-8-15(18)13(9-14)11-17(4)10-12-5-6-12/h12-14H,5-11H2,1-4H3. The molecule has 2 nitrogen and oxygen atoms in total. The number of carbonyl (C=O) groups is 1. The second kappa shape index (κ2) is 5.32. The zero-order valence-corrected chi connectivity index (χ0v) is 12.5. The van der Waals surface area contributed by atoms with Crippen molar-refractivity contribution in [3.8, 4) is 0 Å². The van der Waals surface area contributed by atoms with Gasteiger partial charge in [-0.25, -0.2) is 0 Å². The van der Waals surface area contributed by atoms with E-state index >= 15 is 0 Å². The minimum Gasteiger partial charge on any atom is -0.305 e. The van der Waals surface area contributed by atoms with Gasteiger partial charge in [0, 0.05) is 25.4 Å². The van der Waals surface area contributed by atoms with Gasteiger partial charge in [0.2, 0.25) is 0 Å². The van der Waals surface area contributed by atoms with Crippen LogP contribution in [-0.4, -0.2) is 30.8 Å². The summed E-state index contributed by atoms with van der Waals surface area (Å²) in [5.41, 5.74) is 0.355. The van der Waals surface area contributed by atoms with Crippen molar-refractivity contribution in [1.82, 2.24) is 4.90 Å². The van der Waals surface area contributed by atoms with Crippen molar-refractivity contribution < 1.29 is 4.79 Å². The molecule has 0 saturated heterocycles. The monoisotopic (exact) mass is 251 g/mol. The summed E-state index contributed by atoms with van der Waals surface area (Å²) < 4.78 is 0. The summed E-state index contributed by atoms with van der Waals surface area (Å²) in [5, 5.41) is 0. The van der Waals surface area contributed by atoms with Crippen LogP contribution in [0.2, 0.25) is 0 Å².